The van der Waals surface area contributed by atoms with Gasteiger partial charge in [-0.2, -0.15) is 0 Å². The Morgan fingerprint density at radius 1 is 0.224 bits per heavy atom. The maximum Gasteiger partial charge on any atom is 0.164 e. The van der Waals surface area contributed by atoms with Crippen LogP contribution in [0.15, 0.2) is 346 Å². The number of hydrogen-bond donors (Lipinski definition) is 0. The van der Waals surface area contributed by atoms with E-state index >= 15 is 0 Å². The Morgan fingerprint density at radius 3 is 1.23 bits per heavy atom. The van der Waals surface area contributed by atoms with Gasteiger partial charge in [0.2, 0.25) is 0 Å². The van der Waals surface area contributed by atoms with Crippen molar-refractivity contribution in [1.82, 2.24) is 33.6 Å². The molecule has 6 aromatic heterocycles. The van der Waals surface area contributed by atoms with Crippen molar-refractivity contribution in [3.63, 3.8) is 0 Å². The van der Waals surface area contributed by atoms with E-state index in [1.807, 2.05) is 72.0 Å². The molecule has 0 N–H and O–H groups in total. The molecule has 0 unspecified atom stereocenters. The minimum atomic E-state index is 0.651. The molecule has 0 fully saturated rings. The van der Waals surface area contributed by atoms with Crippen LogP contribution in [0, 0.1) is 0 Å². The van der Waals surface area contributed by atoms with E-state index in [0.29, 0.717) is 17.5 Å². The van der Waals surface area contributed by atoms with E-state index < -0.39 is 0 Å². The molecule has 0 saturated carbocycles. The van der Waals surface area contributed by atoms with Gasteiger partial charge in [-0.05, 0) is 137 Å². The lowest BCUT2D eigenvalue weighted by molar-refractivity contribution is 1.07. The van der Waals surface area contributed by atoms with E-state index in [2.05, 4.69) is 299 Å². The number of aromatic nitrogens is 7. The summed E-state index contributed by atoms with van der Waals surface area (Å²) in [6.45, 7) is 0. The SMILES string of the molecule is c1ccc(-c2ccc(-c3cc(-n4c5ccccc5c5cc(-c6ccc7c(c6)c6ccccc6n7-c6ccccc6)ccc54)nc4ccccc34)cc2)cc1.c1ccc(-c2nc(-c3ccccc3)nc(-c3ccc(-n4c5ccccc5c5c6sc7ccccc7c6ccc54)cc3)n2)cc1. The molecule has 0 saturated heterocycles. The fourth-order valence-corrected chi connectivity index (χ4v) is 15.9. The molecule has 0 amide bonds. The summed E-state index contributed by atoms with van der Waals surface area (Å²) >= 11 is 1.88. The Kier molecular flexibility index (Phi) is 13.6. The maximum atomic E-state index is 5.30. The number of fused-ring (bicyclic) bond motifs is 14. The van der Waals surface area contributed by atoms with Crippen molar-refractivity contribution in [2.75, 3.05) is 0 Å². The molecule has 0 aliphatic carbocycles. The number of benzene rings is 14. The molecule has 20 aromatic rings. The van der Waals surface area contributed by atoms with Crippen LogP contribution in [0.4, 0.5) is 0 Å². The molecule has 0 radical (unpaired) electrons. The average Bonchev–Trinajstić information content (AvgIpc) is 1.58. The third-order valence-electron chi connectivity index (χ3n) is 19.2. The summed E-state index contributed by atoms with van der Waals surface area (Å²) in [5, 5.41) is 11.3. The van der Waals surface area contributed by atoms with E-state index in [-0.39, 0.29) is 0 Å². The van der Waals surface area contributed by atoms with Crippen LogP contribution >= 0.6 is 11.3 Å². The van der Waals surface area contributed by atoms with Gasteiger partial charge in [0, 0.05) is 85.9 Å². The largest absolute Gasteiger partial charge is 0.309 e. The highest BCUT2D eigenvalue weighted by Crippen LogP contribution is 2.45. The zero-order valence-electron chi connectivity index (χ0n) is 52.9. The van der Waals surface area contributed by atoms with Gasteiger partial charge in [-0.15, -0.1) is 11.3 Å². The number of hydrogen-bond acceptors (Lipinski definition) is 5. The van der Waals surface area contributed by atoms with Gasteiger partial charge in [-0.1, -0.05) is 243 Å². The van der Waals surface area contributed by atoms with Gasteiger partial charge >= 0.3 is 0 Å². The molecule has 0 spiro atoms. The monoisotopic (exact) mass is 1270 g/mol. The van der Waals surface area contributed by atoms with Gasteiger partial charge in [0.1, 0.15) is 5.82 Å². The lowest BCUT2D eigenvalue weighted by atomic mass is 9.98. The minimum absolute atomic E-state index is 0.651. The molecule has 0 aliphatic rings. The maximum absolute atomic E-state index is 5.30. The molecule has 6 heterocycles. The third-order valence-corrected chi connectivity index (χ3v) is 20.4. The van der Waals surface area contributed by atoms with Crippen molar-refractivity contribution >= 4 is 108 Å². The second-order valence-corrected chi connectivity index (χ2v) is 25.9. The Labute approximate surface area is 568 Å². The highest BCUT2D eigenvalue weighted by atomic mass is 32.1. The zero-order chi connectivity index (χ0) is 64.6. The van der Waals surface area contributed by atoms with Crippen molar-refractivity contribution in [3.8, 4) is 84.7 Å². The highest BCUT2D eigenvalue weighted by molar-refractivity contribution is 7.26. The fourth-order valence-electron chi connectivity index (χ4n) is 14.6. The first-order valence-corrected chi connectivity index (χ1v) is 33.9. The van der Waals surface area contributed by atoms with Crippen molar-refractivity contribution in [2.24, 2.45) is 0 Å². The van der Waals surface area contributed by atoms with E-state index in [9.17, 15) is 0 Å². The summed E-state index contributed by atoms with van der Waals surface area (Å²) in [6, 6.07) is 123. The number of pyridine rings is 1. The van der Waals surface area contributed by atoms with Crippen LogP contribution in [0.3, 0.4) is 0 Å². The van der Waals surface area contributed by atoms with E-state index in [0.717, 1.165) is 50.1 Å². The van der Waals surface area contributed by atoms with Crippen LogP contribution in [0.5, 0.6) is 0 Å². The smallest absolute Gasteiger partial charge is 0.164 e. The number of para-hydroxylation sites is 5. The van der Waals surface area contributed by atoms with Crippen LogP contribution in [-0.2, 0) is 0 Å². The average molecular weight is 1270 g/mol. The molecular weight excluding hydrogens is 1210 g/mol. The van der Waals surface area contributed by atoms with Crippen molar-refractivity contribution in [1.29, 1.82) is 0 Å². The Morgan fingerprint density at radius 2 is 0.622 bits per heavy atom. The minimum Gasteiger partial charge on any atom is -0.309 e. The molecule has 0 bridgehead atoms. The second kappa shape index (κ2) is 23.5. The van der Waals surface area contributed by atoms with Crippen molar-refractivity contribution in [3.05, 3.63) is 346 Å². The molecular formula is C90H57N7S. The Balaban J connectivity index is 0.000000140. The van der Waals surface area contributed by atoms with Crippen LogP contribution in [-0.4, -0.2) is 33.6 Å². The fraction of sp³-hybridized carbons (Fsp3) is 0. The first kappa shape index (κ1) is 56.6. The van der Waals surface area contributed by atoms with Crippen LogP contribution in [0.1, 0.15) is 0 Å². The van der Waals surface area contributed by atoms with Crippen LogP contribution in [0.2, 0.25) is 0 Å². The summed E-state index contributed by atoms with van der Waals surface area (Å²) < 4.78 is 9.73. The topological polar surface area (TPSA) is 66.3 Å². The summed E-state index contributed by atoms with van der Waals surface area (Å²) in [5.74, 6) is 2.88. The van der Waals surface area contributed by atoms with Gasteiger partial charge in [0.15, 0.2) is 17.5 Å². The molecule has 458 valence electrons. The van der Waals surface area contributed by atoms with Gasteiger partial charge in [-0.25, -0.2) is 19.9 Å². The van der Waals surface area contributed by atoms with Crippen LogP contribution in [0.25, 0.3) is 181 Å². The van der Waals surface area contributed by atoms with Gasteiger partial charge in [0.25, 0.3) is 0 Å². The predicted molar refractivity (Wildman–Crippen MR) is 410 cm³/mol. The summed E-state index contributed by atoms with van der Waals surface area (Å²) in [7, 11) is 0. The summed E-state index contributed by atoms with van der Waals surface area (Å²) in [5.41, 5.74) is 20.3. The molecule has 14 aromatic carbocycles. The van der Waals surface area contributed by atoms with Crippen LogP contribution < -0.4 is 0 Å². The molecule has 7 nitrogen and oxygen atoms in total. The molecule has 98 heavy (non-hydrogen) atoms. The third kappa shape index (κ3) is 9.64. The zero-order valence-corrected chi connectivity index (χ0v) is 53.8. The van der Waals surface area contributed by atoms with E-state index in [1.165, 1.54) is 114 Å². The Hall–Kier alpha value is -12.9. The Bertz CT molecular complexity index is 6390. The molecule has 0 aliphatic heterocycles. The molecule has 8 heteroatoms. The predicted octanol–water partition coefficient (Wildman–Crippen LogP) is 23.8. The highest BCUT2D eigenvalue weighted by Gasteiger charge is 2.21. The van der Waals surface area contributed by atoms with E-state index in [4.69, 9.17) is 19.9 Å². The summed E-state index contributed by atoms with van der Waals surface area (Å²) in [4.78, 5) is 20.0. The number of rotatable bonds is 9. The first-order chi connectivity index (χ1) is 48.6. The molecule has 20 rings (SSSR count). The normalized spacial score (nSPS) is 11.7. The van der Waals surface area contributed by atoms with E-state index in [1.54, 1.807) is 0 Å². The van der Waals surface area contributed by atoms with Gasteiger partial charge < -0.3 is 9.13 Å². The lowest BCUT2D eigenvalue weighted by Crippen LogP contribution is -2.00. The first-order valence-electron chi connectivity index (χ1n) is 33.1. The standard InChI is InChI=1S/C51H33N3.C39H24N4S/c1-3-13-34(14-4-1)35-23-25-36(26-24-35)43-33-51(52-46-20-10-7-17-40(43)46)54-48-22-12-9-19-42(48)45-32-38(28-30-50(45)54)37-27-29-49-44(31-37)41-18-8-11-21-47(41)53(49)39-15-5-2-6-16-39;1-3-11-25(12-4-1)37-40-38(26-13-5-2-6-14-26)42-39(41-37)27-19-21-28(22-20-27)43-32-17-9-7-16-31(32)35-33(43)24-23-30-29-15-8-10-18-34(29)44-36(30)35/h1-33H;1-24H. The number of thiophene rings is 1. The van der Waals surface area contributed by atoms with Crippen molar-refractivity contribution in [2.45, 2.75) is 0 Å². The second-order valence-electron chi connectivity index (χ2n) is 24.9. The van der Waals surface area contributed by atoms with Crippen molar-refractivity contribution < 1.29 is 0 Å². The molecule has 0 atom stereocenters. The summed E-state index contributed by atoms with van der Waals surface area (Å²) in [6.07, 6.45) is 0. The lowest BCUT2D eigenvalue weighted by Gasteiger charge is -2.13. The van der Waals surface area contributed by atoms with Gasteiger partial charge in [0.05, 0.1) is 38.6 Å². The quantitative estimate of drug-likeness (QED) is 0.144. The van der Waals surface area contributed by atoms with Gasteiger partial charge in [-0.3, -0.25) is 4.57 Å². The number of nitrogens with zero attached hydrogens (tertiary/aromatic N) is 7.